The van der Waals surface area contributed by atoms with Crippen molar-refractivity contribution in [3.05, 3.63) is 71.8 Å². The Balaban J connectivity index is 2.18. The molecule has 2 rings (SSSR count). The summed E-state index contributed by atoms with van der Waals surface area (Å²) in [4.78, 5) is 52.1. The number of carbonyl (C=O) groups excluding carboxylic acids is 4. The van der Waals surface area contributed by atoms with Crippen LogP contribution in [0.1, 0.15) is 51.2 Å². The molecule has 6 N–H and O–H groups in total. The second-order valence-electron chi connectivity index (χ2n) is 10.7. The van der Waals surface area contributed by atoms with Gasteiger partial charge in [0, 0.05) is 13.1 Å². The highest BCUT2D eigenvalue weighted by atomic mass is 16.5. The zero-order valence-corrected chi connectivity index (χ0v) is 24.8. The lowest BCUT2D eigenvalue weighted by molar-refractivity contribution is -0.128. The van der Waals surface area contributed by atoms with Crippen LogP contribution in [-0.4, -0.2) is 71.8 Å². The molecule has 3 atom stereocenters. The van der Waals surface area contributed by atoms with Gasteiger partial charge in [-0.25, -0.2) is 9.59 Å². The second kappa shape index (κ2) is 18.3. The monoisotopic (exact) mass is 583 g/mol. The molecule has 0 aromatic heterocycles. The molecule has 11 nitrogen and oxygen atoms in total. The van der Waals surface area contributed by atoms with Crippen molar-refractivity contribution in [1.29, 1.82) is 0 Å². The maximum atomic E-state index is 13.4. The van der Waals surface area contributed by atoms with Crippen LogP contribution in [-0.2, 0) is 27.4 Å². The van der Waals surface area contributed by atoms with E-state index in [-0.39, 0.29) is 31.5 Å². The van der Waals surface area contributed by atoms with Gasteiger partial charge in [0.2, 0.25) is 11.8 Å². The molecular formula is C31H45N5O6. The summed E-state index contributed by atoms with van der Waals surface area (Å²) >= 11 is 0. The molecule has 0 fully saturated rings. The Kier molecular flexibility index (Phi) is 14.9. The van der Waals surface area contributed by atoms with Crippen molar-refractivity contribution in [2.24, 2.45) is 11.7 Å². The fourth-order valence-electron chi connectivity index (χ4n) is 4.27. The molecule has 0 unspecified atom stereocenters. The molecule has 0 heterocycles. The fourth-order valence-corrected chi connectivity index (χ4v) is 4.27. The van der Waals surface area contributed by atoms with Crippen molar-refractivity contribution < 1.29 is 29.0 Å². The average molecular weight is 584 g/mol. The molecule has 2 aromatic carbocycles. The van der Waals surface area contributed by atoms with Gasteiger partial charge >= 0.3 is 12.1 Å². The number of aliphatic hydroxyl groups is 1. The van der Waals surface area contributed by atoms with Crippen LogP contribution < -0.4 is 21.7 Å². The summed E-state index contributed by atoms with van der Waals surface area (Å²) in [5, 5.41) is 19.4. The van der Waals surface area contributed by atoms with Gasteiger partial charge in [0.1, 0.15) is 12.6 Å². The van der Waals surface area contributed by atoms with Gasteiger partial charge in [0.15, 0.2) is 0 Å². The molecule has 42 heavy (non-hydrogen) atoms. The van der Waals surface area contributed by atoms with Gasteiger partial charge in [0.25, 0.3) is 0 Å². The SMILES string of the molecule is CCCCNC(=O)N(CC(C)C)C[C@@H](O)[C@H](Cc1ccccc1)NC(=O)[C@H](CC(N)=O)NC(=O)OCc1ccccc1. The number of urea groups is 1. The maximum absolute atomic E-state index is 13.4. The summed E-state index contributed by atoms with van der Waals surface area (Å²) in [6.07, 6.45) is -0.532. The van der Waals surface area contributed by atoms with Crippen LogP contribution >= 0.6 is 0 Å². The van der Waals surface area contributed by atoms with E-state index in [1.807, 2.05) is 57.2 Å². The number of unbranched alkanes of at least 4 members (excludes halogenated alkanes) is 1. The second-order valence-corrected chi connectivity index (χ2v) is 10.7. The number of benzene rings is 2. The van der Waals surface area contributed by atoms with E-state index in [9.17, 15) is 24.3 Å². The highest BCUT2D eigenvalue weighted by molar-refractivity contribution is 5.90. The minimum atomic E-state index is -1.33. The number of ether oxygens (including phenoxy) is 1. The molecule has 0 bridgehead atoms. The molecule has 5 amide bonds. The molecule has 2 aromatic rings. The van der Waals surface area contributed by atoms with E-state index in [4.69, 9.17) is 10.5 Å². The van der Waals surface area contributed by atoms with Gasteiger partial charge in [-0.15, -0.1) is 0 Å². The van der Waals surface area contributed by atoms with E-state index in [1.54, 1.807) is 24.3 Å². The van der Waals surface area contributed by atoms with Crippen molar-refractivity contribution in [2.45, 2.75) is 71.2 Å². The number of rotatable bonds is 17. The quantitative estimate of drug-likeness (QED) is 0.180. The summed E-state index contributed by atoms with van der Waals surface area (Å²) in [6, 6.07) is 15.8. The smallest absolute Gasteiger partial charge is 0.408 e. The molecule has 11 heteroatoms. The predicted octanol–water partition coefficient (Wildman–Crippen LogP) is 2.71. The zero-order chi connectivity index (χ0) is 30.9. The first-order valence-corrected chi connectivity index (χ1v) is 14.4. The number of hydrogen-bond acceptors (Lipinski definition) is 6. The minimum Gasteiger partial charge on any atom is -0.445 e. The van der Waals surface area contributed by atoms with E-state index in [2.05, 4.69) is 16.0 Å². The van der Waals surface area contributed by atoms with Crippen molar-refractivity contribution >= 4 is 23.9 Å². The lowest BCUT2D eigenvalue weighted by Crippen LogP contribution is -2.57. The number of alkyl carbamates (subject to hydrolysis) is 1. The molecule has 230 valence electrons. The molecule has 0 saturated carbocycles. The van der Waals surface area contributed by atoms with Crippen LogP contribution in [0.25, 0.3) is 0 Å². The van der Waals surface area contributed by atoms with Crippen LogP contribution in [0.3, 0.4) is 0 Å². The number of hydrogen-bond donors (Lipinski definition) is 5. The van der Waals surface area contributed by atoms with E-state index in [1.165, 1.54) is 4.90 Å². The maximum Gasteiger partial charge on any atom is 0.408 e. The van der Waals surface area contributed by atoms with Crippen molar-refractivity contribution in [2.75, 3.05) is 19.6 Å². The Bertz CT molecular complexity index is 1120. The predicted molar refractivity (Wildman–Crippen MR) is 160 cm³/mol. The highest BCUT2D eigenvalue weighted by Crippen LogP contribution is 2.11. The number of aliphatic hydroxyl groups excluding tert-OH is 1. The van der Waals surface area contributed by atoms with Gasteiger partial charge < -0.3 is 36.4 Å². The number of nitrogens with one attached hydrogen (secondary N) is 3. The molecule has 0 radical (unpaired) electrons. The zero-order valence-electron chi connectivity index (χ0n) is 24.8. The van der Waals surface area contributed by atoms with Crippen LogP contribution in [0, 0.1) is 5.92 Å². The van der Waals surface area contributed by atoms with Crippen molar-refractivity contribution in [1.82, 2.24) is 20.9 Å². The largest absolute Gasteiger partial charge is 0.445 e. The number of nitrogens with zero attached hydrogens (tertiary/aromatic N) is 1. The molecule has 0 aliphatic carbocycles. The lowest BCUT2D eigenvalue weighted by Gasteiger charge is -2.32. The van der Waals surface area contributed by atoms with E-state index >= 15 is 0 Å². The van der Waals surface area contributed by atoms with Crippen molar-refractivity contribution in [3.63, 3.8) is 0 Å². The third-order valence-corrected chi connectivity index (χ3v) is 6.40. The van der Waals surface area contributed by atoms with E-state index < -0.39 is 42.5 Å². The Labute approximate surface area is 248 Å². The fraction of sp³-hybridized carbons (Fsp3) is 0.484. The minimum absolute atomic E-state index is 0.0288. The summed E-state index contributed by atoms with van der Waals surface area (Å²) in [7, 11) is 0. The van der Waals surface area contributed by atoms with Crippen LogP contribution in [0.15, 0.2) is 60.7 Å². The highest BCUT2D eigenvalue weighted by Gasteiger charge is 2.30. The van der Waals surface area contributed by atoms with E-state index in [0.717, 1.165) is 24.0 Å². The first-order chi connectivity index (χ1) is 20.1. The molecular weight excluding hydrogens is 538 g/mol. The molecule has 0 saturated heterocycles. The Morgan fingerprint density at radius 3 is 2.12 bits per heavy atom. The Morgan fingerprint density at radius 1 is 0.929 bits per heavy atom. The molecule has 0 spiro atoms. The third kappa shape index (κ3) is 13.0. The number of primary amides is 1. The summed E-state index contributed by atoms with van der Waals surface area (Å²) in [5.74, 6) is -1.37. The van der Waals surface area contributed by atoms with Crippen LogP contribution in [0.5, 0.6) is 0 Å². The Hall–Kier alpha value is -4.12. The first-order valence-electron chi connectivity index (χ1n) is 14.4. The average Bonchev–Trinajstić information content (AvgIpc) is 2.95. The number of amides is 5. The van der Waals surface area contributed by atoms with Gasteiger partial charge in [-0.3, -0.25) is 9.59 Å². The normalized spacial score (nSPS) is 13.0. The summed E-state index contributed by atoms with van der Waals surface area (Å²) in [6.45, 7) is 6.82. The number of carbonyl (C=O) groups is 4. The van der Waals surface area contributed by atoms with E-state index in [0.29, 0.717) is 13.1 Å². The summed E-state index contributed by atoms with van der Waals surface area (Å²) < 4.78 is 5.21. The molecule has 0 aliphatic heterocycles. The lowest BCUT2D eigenvalue weighted by atomic mass is 9.99. The topological polar surface area (TPSA) is 163 Å². The standard InChI is InChI=1S/C31H45N5O6/c1-4-5-16-33-30(40)36(19-22(2)3)20-27(37)25(17-23-12-8-6-9-13-23)34-29(39)26(18-28(32)38)35-31(41)42-21-24-14-10-7-11-15-24/h6-15,22,25-27,37H,4-5,16-21H2,1-3H3,(H2,32,38)(H,33,40)(H,34,39)(H,35,41)/t25-,26-,27+/m0/s1. The number of nitrogens with two attached hydrogens (primary N) is 1. The Morgan fingerprint density at radius 2 is 1.55 bits per heavy atom. The van der Waals surface area contributed by atoms with Gasteiger partial charge in [-0.1, -0.05) is 87.9 Å². The molecule has 0 aliphatic rings. The van der Waals surface area contributed by atoms with Crippen LogP contribution in [0.2, 0.25) is 0 Å². The van der Waals surface area contributed by atoms with Gasteiger partial charge in [-0.2, -0.15) is 0 Å². The van der Waals surface area contributed by atoms with Gasteiger partial charge in [0.05, 0.1) is 25.1 Å². The first kappa shape index (κ1) is 34.1. The van der Waals surface area contributed by atoms with Crippen molar-refractivity contribution in [3.8, 4) is 0 Å². The summed E-state index contributed by atoms with van der Waals surface area (Å²) in [5.41, 5.74) is 6.96. The third-order valence-electron chi connectivity index (χ3n) is 6.40. The van der Waals surface area contributed by atoms with Gasteiger partial charge in [-0.05, 0) is 29.9 Å². The van der Waals surface area contributed by atoms with Crippen LogP contribution in [0.4, 0.5) is 9.59 Å².